The van der Waals surface area contributed by atoms with Crippen molar-refractivity contribution in [1.29, 1.82) is 0 Å². The van der Waals surface area contributed by atoms with Gasteiger partial charge in [-0.2, -0.15) is 0 Å². The number of benzene rings is 1. The lowest BCUT2D eigenvalue weighted by molar-refractivity contribution is 0.0697. The summed E-state index contributed by atoms with van der Waals surface area (Å²) in [6.45, 7) is 3.58. The number of hydrogen-bond donors (Lipinski definition) is 3. The Morgan fingerprint density at radius 2 is 2.15 bits per heavy atom. The molecule has 0 amide bonds. The topological polar surface area (TPSA) is 85.9 Å². The predicted molar refractivity (Wildman–Crippen MR) is 104 cm³/mol. The normalized spacial score (nSPS) is 17.9. The number of likely N-dealkylation sites (tertiary alicyclic amines) is 1. The number of rotatable bonds is 8. The molecule has 0 radical (unpaired) electrons. The van der Waals surface area contributed by atoms with Crippen LogP contribution in [0.3, 0.4) is 0 Å². The standard InChI is InChI=1S/C20H25ClN2O4/c21-18-6-4-14(11-17(18)20(25)26)19-7-5-16(27-19)12-22-8-10-23-9-2-1-3-15(23)13-24/h4-7,11,15,22,24H,1-3,8-10,12-13H2,(H,25,26). The van der Waals surface area contributed by atoms with Crippen LogP contribution >= 0.6 is 11.6 Å². The van der Waals surface area contributed by atoms with E-state index in [9.17, 15) is 15.0 Å². The van der Waals surface area contributed by atoms with Crippen LogP contribution in [0.2, 0.25) is 5.02 Å². The van der Waals surface area contributed by atoms with Crippen LogP contribution in [0.1, 0.15) is 35.4 Å². The lowest BCUT2D eigenvalue weighted by Gasteiger charge is -2.34. The van der Waals surface area contributed by atoms with Gasteiger partial charge >= 0.3 is 5.97 Å². The van der Waals surface area contributed by atoms with E-state index in [0.29, 0.717) is 17.9 Å². The molecular formula is C20H25ClN2O4. The molecule has 0 aliphatic carbocycles. The van der Waals surface area contributed by atoms with Crippen molar-refractivity contribution in [2.75, 3.05) is 26.2 Å². The average molecular weight is 393 g/mol. The minimum atomic E-state index is -1.06. The summed E-state index contributed by atoms with van der Waals surface area (Å²) in [6.07, 6.45) is 3.45. The van der Waals surface area contributed by atoms with Crippen molar-refractivity contribution in [3.63, 3.8) is 0 Å². The zero-order valence-electron chi connectivity index (χ0n) is 15.2. The number of aliphatic hydroxyl groups is 1. The zero-order valence-corrected chi connectivity index (χ0v) is 15.9. The van der Waals surface area contributed by atoms with Gasteiger partial charge in [0, 0.05) is 24.7 Å². The first-order valence-electron chi connectivity index (χ1n) is 9.26. The largest absolute Gasteiger partial charge is 0.478 e. The van der Waals surface area contributed by atoms with E-state index in [1.54, 1.807) is 12.1 Å². The van der Waals surface area contributed by atoms with Gasteiger partial charge < -0.3 is 19.9 Å². The molecule has 0 spiro atoms. The Morgan fingerprint density at radius 1 is 1.30 bits per heavy atom. The van der Waals surface area contributed by atoms with E-state index in [-0.39, 0.29) is 23.2 Å². The lowest BCUT2D eigenvalue weighted by atomic mass is 10.0. The van der Waals surface area contributed by atoms with Crippen LogP contribution in [0.25, 0.3) is 11.3 Å². The van der Waals surface area contributed by atoms with Crippen molar-refractivity contribution in [2.24, 2.45) is 0 Å². The molecule has 3 N–H and O–H groups in total. The van der Waals surface area contributed by atoms with Crippen molar-refractivity contribution in [2.45, 2.75) is 31.8 Å². The Labute approximate surface area is 163 Å². The van der Waals surface area contributed by atoms with Crippen LogP contribution in [0.5, 0.6) is 0 Å². The number of aliphatic hydroxyl groups excluding tert-OH is 1. The molecular weight excluding hydrogens is 368 g/mol. The van der Waals surface area contributed by atoms with Gasteiger partial charge in [0.15, 0.2) is 0 Å². The molecule has 1 aliphatic rings. The summed E-state index contributed by atoms with van der Waals surface area (Å²) in [5, 5.41) is 22.2. The zero-order chi connectivity index (χ0) is 19.2. The lowest BCUT2D eigenvalue weighted by Crippen LogP contribution is -2.44. The van der Waals surface area contributed by atoms with Gasteiger partial charge in [0.1, 0.15) is 11.5 Å². The number of nitrogens with zero attached hydrogens (tertiary/aromatic N) is 1. The molecule has 7 heteroatoms. The van der Waals surface area contributed by atoms with Gasteiger partial charge in [-0.05, 0) is 49.7 Å². The highest BCUT2D eigenvalue weighted by Crippen LogP contribution is 2.27. The van der Waals surface area contributed by atoms with Crippen molar-refractivity contribution in [3.8, 4) is 11.3 Å². The molecule has 1 saturated heterocycles. The molecule has 1 aromatic heterocycles. The van der Waals surface area contributed by atoms with Crippen LogP contribution in [0, 0.1) is 0 Å². The maximum absolute atomic E-state index is 11.2. The van der Waals surface area contributed by atoms with E-state index < -0.39 is 5.97 Å². The van der Waals surface area contributed by atoms with E-state index in [2.05, 4.69) is 10.2 Å². The Kier molecular flexibility index (Phi) is 6.90. The van der Waals surface area contributed by atoms with Crippen LogP contribution in [0.4, 0.5) is 0 Å². The number of carboxylic acid groups (broad SMARTS) is 1. The van der Waals surface area contributed by atoms with Crippen LogP contribution in [0.15, 0.2) is 34.7 Å². The average Bonchev–Trinajstić information content (AvgIpc) is 3.14. The second-order valence-electron chi connectivity index (χ2n) is 6.81. The molecule has 3 rings (SSSR count). The number of carbonyl (C=O) groups is 1. The maximum Gasteiger partial charge on any atom is 0.337 e. The number of aromatic carboxylic acids is 1. The summed E-state index contributed by atoms with van der Waals surface area (Å²) >= 11 is 5.91. The Bertz CT molecular complexity index is 777. The highest BCUT2D eigenvalue weighted by atomic mass is 35.5. The number of furan rings is 1. The van der Waals surface area contributed by atoms with E-state index in [1.165, 1.54) is 18.9 Å². The SMILES string of the molecule is O=C(O)c1cc(-c2ccc(CNCCN3CCCCC3CO)o2)ccc1Cl. The highest BCUT2D eigenvalue weighted by Gasteiger charge is 2.20. The smallest absolute Gasteiger partial charge is 0.337 e. The Balaban J connectivity index is 1.52. The molecule has 146 valence electrons. The fourth-order valence-electron chi connectivity index (χ4n) is 3.47. The highest BCUT2D eigenvalue weighted by molar-refractivity contribution is 6.33. The van der Waals surface area contributed by atoms with Crippen molar-refractivity contribution in [1.82, 2.24) is 10.2 Å². The fraction of sp³-hybridized carbons (Fsp3) is 0.450. The maximum atomic E-state index is 11.2. The first kappa shape index (κ1) is 19.9. The summed E-state index contributed by atoms with van der Waals surface area (Å²) in [6, 6.07) is 8.83. The molecule has 0 saturated carbocycles. The molecule has 2 aromatic rings. The minimum Gasteiger partial charge on any atom is -0.478 e. The van der Waals surface area contributed by atoms with E-state index in [1.807, 2.05) is 12.1 Å². The number of halogens is 1. The van der Waals surface area contributed by atoms with Crippen LogP contribution < -0.4 is 5.32 Å². The number of carboxylic acids is 1. The molecule has 0 bridgehead atoms. The van der Waals surface area contributed by atoms with Gasteiger partial charge in [-0.25, -0.2) is 4.79 Å². The van der Waals surface area contributed by atoms with Gasteiger partial charge in [-0.1, -0.05) is 18.0 Å². The van der Waals surface area contributed by atoms with Gasteiger partial charge in [-0.15, -0.1) is 0 Å². The van der Waals surface area contributed by atoms with Gasteiger partial charge in [0.05, 0.1) is 23.7 Å². The number of nitrogens with one attached hydrogen (secondary N) is 1. The molecule has 27 heavy (non-hydrogen) atoms. The Morgan fingerprint density at radius 3 is 2.93 bits per heavy atom. The third kappa shape index (κ3) is 5.11. The first-order valence-corrected chi connectivity index (χ1v) is 9.64. The molecule has 1 aliphatic heterocycles. The van der Waals surface area contributed by atoms with Gasteiger partial charge in [0.2, 0.25) is 0 Å². The van der Waals surface area contributed by atoms with E-state index in [4.69, 9.17) is 16.0 Å². The van der Waals surface area contributed by atoms with Crippen LogP contribution in [-0.2, 0) is 6.54 Å². The van der Waals surface area contributed by atoms with E-state index in [0.717, 1.165) is 31.8 Å². The minimum absolute atomic E-state index is 0.0604. The van der Waals surface area contributed by atoms with Crippen molar-refractivity contribution in [3.05, 3.63) is 46.7 Å². The third-order valence-electron chi connectivity index (χ3n) is 4.98. The third-order valence-corrected chi connectivity index (χ3v) is 5.31. The second kappa shape index (κ2) is 9.37. The fourth-order valence-corrected chi connectivity index (χ4v) is 3.66. The predicted octanol–water partition coefficient (Wildman–Crippen LogP) is 3.23. The molecule has 1 unspecified atom stereocenters. The molecule has 1 fully saturated rings. The van der Waals surface area contributed by atoms with Gasteiger partial charge in [-0.3, -0.25) is 4.90 Å². The summed E-state index contributed by atoms with van der Waals surface area (Å²) in [4.78, 5) is 13.6. The van der Waals surface area contributed by atoms with Gasteiger partial charge in [0.25, 0.3) is 0 Å². The monoisotopic (exact) mass is 392 g/mol. The quantitative estimate of drug-likeness (QED) is 0.598. The summed E-state index contributed by atoms with van der Waals surface area (Å²) in [5.41, 5.74) is 0.743. The van der Waals surface area contributed by atoms with Crippen LogP contribution in [-0.4, -0.2) is 53.4 Å². The second-order valence-corrected chi connectivity index (χ2v) is 7.22. The Hall–Kier alpha value is -1.86. The first-order chi connectivity index (χ1) is 13.1. The molecule has 6 nitrogen and oxygen atoms in total. The molecule has 1 atom stereocenters. The van der Waals surface area contributed by atoms with E-state index >= 15 is 0 Å². The summed E-state index contributed by atoms with van der Waals surface area (Å²) in [7, 11) is 0. The summed E-state index contributed by atoms with van der Waals surface area (Å²) in [5.74, 6) is 0.339. The molecule has 1 aromatic carbocycles. The van der Waals surface area contributed by atoms with Crippen molar-refractivity contribution < 1.29 is 19.4 Å². The molecule has 2 heterocycles. The van der Waals surface area contributed by atoms with Crippen molar-refractivity contribution >= 4 is 17.6 Å². The number of hydrogen-bond acceptors (Lipinski definition) is 5. The number of piperidine rings is 1. The summed E-state index contributed by atoms with van der Waals surface area (Å²) < 4.78 is 5.83.